The molecule has 1 atom stereocenters. The van der Waals surface area contributed by atoms with Crippen LogP contribution in [0.25, 0.3) is 5.95 Å². The Morgan fingerprint density at radius 3 is 2.97 bits per heavy atom. The molecule has 166 valence electrons. The van der Waals surface area contributed by atoms with Gasteiger partial charge in [0.1, 0.15) is 12.1 Å². The predicted octanol–water partition coefficient (Wildman–Crippen LogP) is 2.63. The van der Waals surface area contributed by atoms with Gasteiger partial charge >= 0.3 is 0 Å². The average Bonchev–Trinajstić information content (AvgIpc) is 3.59. The Labute approximate surface area is 186 Å². The van der Waals surface area contributed by atoms with Gasteiger partial charge in [0, 0.05) is 49.7 Å². The highest BCUT2D eigenvalue weighted by Crippen LogP contribution is 2.32. The highest BCUT2D eigenvalue weighted by molar-refractivity contribution is 5.77. The highest BCUT2D eigenvalue weighted by Gasteiger charge is 2.28. The number of aryl methyl sites for hydroxylation is 1. The highest BCUT2D eigenvalue weighted by atomic mass is 16.7. The van der Waals surface area contributed by atoms with Gasteiger partial charge in [0.15, 0.2) is 11.5 Å². The van der Waals surface area contributed by atoms with Gasteiger partial charge in [-0.1, -0.05) is 13.0 Å². The predicted molar refractivity (Wildman–Crippen MR) is 118 cm³/mol. The van der Waals surface area contributed by atoms with Crippen LogP contribution < -0.4 is 19.7 Å². The zero-order chi connectivity index (χ0) is 21.9. The summed E-state index contributed by atoms with van der Waals surface area (Å²) in [6.07, 6.45) is 8.48. The molecule has 2 aliphatic rings. The lowest BCUT2D eigenvalue weighted by Crippen LogP contribution is -2.36. The molecule has 0 aliphatic carbocycles. The third-order valence-electron chi connectivity index (χ3n) is 5.87. The zero-order valence-electron chi connectivity index (χ0n) is 18.0. The van der Waals surface area contributed by atoms with E-state index in [1.165, 1.54) is 0 Å². The van der Waals surface area contributed by atoms with Crippen molar-refractivity contribution in [1.29, 1.82) is 0 Å². The number of hydrogen-bond acceptors (Lipinski definition) is 7. The molecule has 32 heavy (non-hydrogen) atoms. The van der Waals surface area contributed by atoms with E-state index in [4.69, 9.17) is 14.5 Å². The largest absolute Gasteiger partial charge is 0.454 e. The summed E-state index contributed by atoms with van der Waals surface area (Å²) in [5.41, 5.74) is 1.95. The van der Waals surface area contributed by atoms with Gasteiger partial charge in [-0.3, -0.25) is 9.36 Å². The van der Waals surface area contributed by atoms with Crippen LogP contribution in [0, 0.1) is 0 Å². The number of aromatic nitrogens is 4. The summed E-state index contributed by atoms with van der Waals surface area (Å²) in [6.45, 7) is 3.66. The number of ether oxygens (including phenoxy) is 2. The Kier molecular flexibility index (Phi) is 5.62. The molecule has 1 aromatic carbocycles. The van der Waals surface area contributed by atoms with Gasteiger partial charge < -0.3 is 19.7 Å². The Bertz CT molecular complexity index is 1100. The number of imidazole rings is 1. The van der Waals surface area contributed by atoms with Crippen molar-refractivity contribution in [3.05, 3.63) is 54.2 Å². The van der Waals surface area contributed by atoms with Gasteiger partial charge in [-0.2, -0.15) is 4.98 Å². The number of fused-ring (bicyclic) bond motifs is 1. The van der Waals surface area contributed by atoms with Crippen molar-refractivity contribution in [2.75, 3.05) is 18.2 Å². The normalized spacial score (nSPS) is 17.0. The van der Waals surface area contributed by atoms with Gasteiger partial charge in [-0.15, -0.1) is 0 Å². The molecule has 1 N–H and O–H groups in total. The first-order chi connectivity index (χ1) is 15.7. The molecule has 3 aromatic rings. The van der Waals surface area contributed by atoms with Gasteiger partial charge in [-0.05, 0) is 37.0 Å². The fourth-order valence-corrected chi connectivity index (χ4v) is 4.18. The van der Waals surface area contributed by atoms with Crippen molar-refractivity contribution in [2.45, 2.75) is 45.2 Å². The van der Waals surface area contributed by atoms with E-state index in [-0.39, 0.29) is 18.7 Å². The SMILES string of the molecule is CCc1cc(N2CCC[C@@H]2CC(=O)NCc2ccc3c(c2)OCO3)nc(-n2ccnc2)n1. The Morgan fingerprint density at radius 2 is 2.12 bits per heavy atom. The first-order valence-electron chi connectivity index (χ1n) is 11.0. The van der Waals surface area contributed by atoms with Gasteiger partial charge in [-0.25, -0.2) is 9.97 Å². The summed E-state index contributed by atoms with van der Waals surface area (Å²) in [7, 11) is 0. The van der Waals surface area contributed by atoms with Crippen LogP contribution in [0.4, 0.5) is 5.82 Å². The number of nitrogens with one attached hydrogen (secondary N) is 1. The molecule has 0 saturated carbocycles. The van der Waals surface area contributed by atoms with Crippen LogP contribution in [-0.4, -0.2) is 44.8 Å². The number of carbonyl (C=O) groups excluding carboxylic acids is 1. The second-order valence-corrected chi connectivity index (χ2v) is 8.00. The fourth-order valence-electron chi connectivity index (χ4n) is 4.18. The van der Waals surface area contributed by atoms with Crippen LogP contribution in [0.1, 0.15) is 37.4 Å². The van der Waals surface area contributed by atoms with Crippen LogP contribution in [0.3, 0.4) is 0 Å². The summed E-state index contributed by atoms with van der Waals surface area (Å²) in [4.78, 5) is 28.5. The summed E-state index contributed by atoms with van der Waals surface area (Å²) < 4.78 is 12.6. The Morgan fingerprint density at radius 1 is 1.22 bits per heavy atom. The minimum atomic E-state index is 0.0270. The lowest BCUT2D eigenvalue weighted by atomic mass is 10.1. The maximum absolute atomic E-state index is 12.7. The molecule has 0 spiro atoms. The zero-order valence-corrected chi connectivity index (χ0v) is 18.0. The summed E-state index contributed by atoms with van der Waals surface area (Å²) in [5, 5.41) is 3.04. The standard InChI is InChI=1S/C23H26N6O3/c1-2-17-11-21(27-23(26-17)28-9-7-24-14-28)29-8-3-4-18(29)12-22(30)25-13-16-5-6-19-20(10-16)32-15-31-19/h5-7,9-11,14,18H,2-4,8,12-13,15H2,1H3,(H,25,30)/t18-/m1/s1. The minimum Gasteiger partial charge on any atom is -0.454 e. The maximum atomic E-state index is 12.7. The second-order valence-electron chi connectivity index (χ2n) is 8.00. The number of rotatable bonds is 7. The number of hydrogen-bond donors (Lipinski definition) is 1. The summed E-state index contributed by atoms with van der Waals surface area (Å²) in [5.74, 6) is 2.97. The monoisotopic (exact) mass is 434 g/mol. The van der Waals surface area contributed by atoms with Crippen LogP contribution >= 0.6 is 0 Å². The molecule has 1 saturated heterocycles. The van der Waals surface area contributed by atoms with E-state index in [2.05, 4.69) is 27.1 Å². The molecule has 2 aliphatic heterocycles. The molecule has 4 heterocycles. The molecule has 1 amide bonds. The van der Waals surface area contributed by atoms with E-state index in [0.29, 0.717) is 18.9 Å². The van der Waals surface area contributed by atoms with Crippen molar-refractivity contribution in [3.63, 3.8) is 0 Å². The molecule has 1 fully saturated rings. The average molecular weight is 435 g/mol. The second kappa shape index (κ2) is 8.86. The number of anilines is 1. The lowest BCUT2D eigenvalue weighted by molar-refractivity contribution is -0.121. The fraction of sp³-hybridized carbons (Fsp3) is 0.391. The van der Waals surface area contributed by atoms with Gasteiger partial charge in [0.05, 0.1) is 0 Å². The molecular formula is C23H26N6O3. The van der Waals surface area contributed by atoms with Crippen molar-refractivity contribution in [3.8, 4) is 17.4 Å². The first kappa shape index (κ1) is 20.3. The molecule has 5 rings (SSSR count). The molecule has 9 heteroatoms. The number of nitrogens with zero attached hydrogens (tertiary/aromatic N) is 5. The first-order valence-corrected chi connectivity index (χ1v) is 11.0. The van der Waals surface area contributed by atoms with Crippen LogP contribution in [0.15, 0.2) is 43.0 Å². The van der Waals surface area contributed by atoms with Gasteiger partial charge in [0.25, 0.3) is 0 Å². The molecular weight excluding hydrogens is 408 g/mol. The van der Waals surface area contributed by atoms with E-state index in [1.807, 2.05) is 35.0 Å². The quantitative estimate of drug-likeness (QED) is 0.611. The molecule has 2 aromatic heterocycles. The van der Waals surface area contributed by atoms with Crippen LogP contribution in [0.5, 0.6) is 11.5 Å². The minimum absolute atomic E-state index is 0.0270. The lowest BCUT2D eigenvalue weighted by Gasteiger charge is -2.26. The van der Waals surface area contributed by atoms with Crippen LogP contribution in [0.2, 0.25) is 0 Å². The Balaban J connectivity index is 1.25. The smallest absolute Gasteiger partial charge is 0.237 e. The van der Waals surface area contributed by atoms with Crippen molar-refractivity contribution < 1.29 is 14.3 Å². The molecule has 0 radical (unpaired) electrons. The Hall–Kier alpha value is -3.62. The van der Waals surface area contributed by atoms with Crippen molar-refractivity contribution >= 4 is 11.7 Å². The molecule has 0 unspecified atom stereocenters. The third-order valence-corrected chi connectivity index (χ3v) is 5.87. The van der Waals surface area contributed by atoms with Gasteiger partial charge in [0.2, 0.25) is 18.6 Å². The van der Waals surface area contributed by atoms with Crippen LogP contribution in [-0.2, 0) is 17.8 Å². The van der Waals surface area contributed by atoms with Crippen molar-refractivity contribution in [2.24, 2.45) is 0 Å². The maximum Gasteiger partial charge on any atom is 0.237 e. The van der Waals surface area contributed by atoms with E-state index in [1.54, 1.807) is 12.5 Å². The van der Waals surface area contributed by atoms with E-state index in [9.17, 15) is 4.79 Å². The van der Waals surface area contributed by atoms with E-state index in [0.717, 1.165) is 54.4 Å². The van der Waals surface area contributed by atoms with E-state index < -0.39 is 0 Å². The molecule has 9 nitrogen and oxygen atoms in total. The third kappa shape index (κ3) is 4.23. The number of amides is 1. The summed E-state index contributed by atoms with van der Waals surface area (Å²) in [6, 6.07) is 7.88. The number of carbonyl (C=O) groups is 1. The number of benzene rings is 1. The van der Waals surface area contributed by atoms with E-state index >= 15 is 0 Å². The topological polar surface area (TPSA) is 94.4 Å². The van der Waals surface area contributed by atoms with Crippen molar-refractivity contribution in [1.82, 2.24) is 24.8 Å². The summed E-state index contributed by atoms with van der Waals surface area (Å²) >= 11 is 0. The molecule has 0 bridgehead atoms.